The van der Waals surface area contributed by atoms with Crippen LogP contribution in [0.4, 0.5) is 0 Å². The van der Waals surface area contributed by atoms with E-state index in [1.807, 2.05) is 30.3 Å². The lowest BCUT2D eigenvalue weighted by Gasteiger charge is -2.12. The van der Waals surface area contributed by atoms with Gasteiger partial charge in [0.15, 0.2) is 0 Å². The highest BCUT2D eigenvalue weighted by Gasteiger charge is 2.14. The molecule has 0 radical (unpaired) electrons. The van der Waals surface area contributed by atoms with Crippen LogP contribution < -0.4 is 11.2 Å². The number of aliphatic hydroxyl groups is 1. The van der Waals surface area contributed by atoms with Gasteiger partial charge in [-0.25, -0.2) is 9.78 Å². The molecular formula is C16H15N3O3. The van der Waals surface area contributed by atoms with Crippen molar-refractivity contribution in [1.29, 1.82) is 0 Å². The third kappa shape index (κ3) is 2.05. The zero-order valence-electron chi connectivity index (χ0n) is 12.3. The van der Waals surface area contributed by atoms with Gasteiger partial charge in [-0.3, -0.25) is 13.9 Å². The molecule has 22 heavy (non-hydrogen) atoms. The van der Waals surface area contributed by atoms with E-state index in [-0.39, 0.29) is 6.61 Å². The molecule has 0 fully saturated rings. The second-order valence-corrected chi connectivity index (χ2v) is 5.10. The topological polar surface area (TPSA) is 77.1 Å². The summed E-state index contributed by atoms with van der Waals surface area (Å²) in [6.07, 6.45) is 0. The number of nitrogens with zero attached hydrogens (tertiary/aromatic N) is 3. The van der Waals surface area contributed by atoms with Gasteiger partial charge in [0.05, 0.1) is 17.7 Å². The molecule has 0 bridgehead atoms. The van der Waals surface area contributed by atoms with Crippen molar-refractivity contribution in [2.24, 2.45) is 14.1 Å². The van der Waals surface area contributed by atoms with Gasteiger partial charge in [0.2, 0.25) is 0 Å². The van der Waals surface area contributed by atoms with Crippen molar-refractivity contribution in [3.8, 4) is 11.3 Å². The van der Waals surface area contributed by atoms with E-state index in [2.05, 4.69) is 4.98 Å². The molecule has 0 spiro atoms. The minimum absolute atomic E-state index is 0.237. The van der Waals surface area contributed by atoms with Gasteiger partial charge in [0, 0.05) is 25.2 Å². The molecule has 0 saturated heterocycles. The number of aryl methyl sites for hydroxylation is 1. The summed E-state index contributed by atoms with van der Waals surface area (Å²) in [5.41, 5.74) is 1.40. The van der Waals surface area contributed by atoms with Crippen LogP contribution in [0.5, 0.6) is 0 Å². The summed E-state index contributed by atoms with van der Waals surface area (Å²) in [4.78, 5) is 28.8. The fraction of sp³-hybridized carbons (Fsp3) is 0.188. The molecule has 0 saturated carbocycles. The lowest BCUT2D eigenvalue weighted by atomic mass is 10.1. The van der Waals surface area contributed by atoms with Gasteiger partial charge in [0.25, 0.3) is 5.56 Å². The summed E-state index contributed by atoms with van der Waals surface area (Å²) in [5, 5.41) is 9.92. The van der Waals surface area contributed by atoms with Crippen LogP contribution in [0, 0.1) is 0 Å². The van der Waals surface area contributed by atoms with E-state index in [9.17, 15) is 14.7 Å². The molecule has 112 valence electrons. The molecule has 2 aromatic heterocycles. The Morgan fingerprint density at radius 2 is 1.77 bits per heavy atom. The van der Waals surface area contributed by atoms with Crippen molar-refractivity contribution in [1.82, 2.24) is 14.1 Å². The molecule has 0 unspecified atom stereocenters. The number of hydrogen-bond acceptors (Lipinski definition) is 4. The lowest BCUT2D eigenvalue weighted by Crippen LogP contribution is -2.37. The molecule has 1 N–H and O–H groups in total. The number of rotatable bonds is 2. The maximum atomic E-state index is 12.2. The van der Waals surface area contributed by atoms with E-state index in [4.69, 9.17) is 0 Å². The van der Waals surface area contributed by atoms with Gasteiger partial charge in [-0.15, -0.1) is 0 Å². The highest BCUT2D eigenvalue weighted by molar-refractivity contribution is 5.80. The van der Waals surface area contributed by atoms with Crippen LogP contribution in [0.3, 0.4) is 0 Å². The molecule has 3 aromatic rings. The van der Waals surface area contributed by atoms with Crippen molar-refractivity contribution >= 4 is 11.0 Å². The number of pyridine rings is 1. The van der Waals surface area contributed by atoms with Crippen molar-refractivity contribution < 1.29 is 5.11 Å². The van der Waals surface area contributed by atoms with E-state index in [0.717, 1.165) is 10.1 Å². The Kier molecular flexibility index (Phi) is 3.38. The second-order valence-electron chi connectivity index (χ2n) is 5.10. The van der Waals surface area contributed by atoms with Crippen LogP contribution in [-0.4, -0.2) is 19.2 Å². The van der Waals surface area contributed by atoms with Crippen molar-refractivity contribution in [3.63, 3.8) is 0 Å². The van der Waals surface area contributed by atoms with E-state index >= 15 is 0 Å². The molecule has 0 aliphatic rings. The summed E-state index contributed by atoms with van der Waals surface area (Å²) in [6, 6.07) is 11.0. The predicted octanol–water partition coefficient (Wildman–Crippen LogP) is 0.791. The quantitative estimate of drug-likeness (QED) is 0.758. The fourth-order valence-corrected chi connectivity index (χ4v) is 2.51. The van der Waals surface area contributed by atoms with Crippen LogP contribution in [-0.2, 0) is 20.7 Å². The van der Waals surface area contributed by atoms with Crippen molar-refractivity contribution in [2.75, 3.05) is 0 Å². The Morgan fingerprint density at radius 3 is 2.41 bits per heavy atom. The van der Waals surface area contributed by atoms with Crippen LogP contribution in [0.2, 0.25) is 0 Å². The van der Waals surface area contributed by atoms with Gasteiger partial charge in [-0.1, -0.05) is 30.3 Å². The summed E-state index contributed by atoms with van der Waals surface area (Å²) < 4.78 is 2.37. The zero-order chi connectivity index (χ0) is 15.9. The molecule has 3 rings (SSSR count). The minimum Gasteiger partial charge on any atom is -0.392 e. The summed E-state index contributed by atoms with van der Waals surface area (Å²) in [6.45, 7) is -0.237. The average Bonchev–Trinajstić information content (AvgIpc) is 2.57. The molecule has 0 aliphatic heterocycles. The smallest absolute Gasteiger partial charge is 0.332 e. The van der Waals surface area contributed by atoms with Gasteiger partial charge < -0.3 is 5.11 Å². The van der Waals surface area contributed by atoms with E-state index in [1.54, 1.807) is 13.1 Å². The Hall–Kier alpha value is -2.73. The molecule has 0 atom stereocenters. The normalized spacial score (nSPS) is 11.0. The Bertz CT molecular complexity index is 972. The Morgan fingerprint density at radius 1 is 1.09 bits per heavy atom. The van der Waals surface area contributed by atoms with Gasteiger partial charge in [-0.2, -0.15) is 0 Å². The molecule has 6 nitrogen and oxygen atoms in total. The number of benzene rings is 1. The molecule has 2 heterocycles. The maximum absolute atomic E-state index is 12.2. The largest absolute Gasteiger partial charge is 0.392 e. The first kappa shape index (κ1) is 14.2. The lowest BCUT2D eigenvalue weighted by molar-refractivity contribution is 0.282. The van der Waals surface area contributed by atoms with Gasteiger partial charge >= 0.3 is 5.69 Å². The first-order chi connectivity index (χ1) is 10.5. The summed E-state index contributed by atoms with van der Waals surface area (Å²) >= 11 is 0. The van der Waals surface area contributed by atoms with Crippen molar-refractivity contribution in [2.45, 2.75) is 6.61 Å². The fourth-order valence-electron chi connectivity index (χ4n) is 2.51. The Labute approximate surface area is 125 Å². The monoisotopic (exact) mass is 297 g/mol. The van der Waals surface area contributed by atoms with Crippen LogP contribution in [0.15, 0.2) is 46.0 Å². The highest BCUT2D eigenvalue weighted by Crippen LogP contribution is 2.23. The SMILES string of the molecule is Cn1c(=O)c2cc(CO)c(-c3ccccc3)nc2n(C)c1=O. The molecule has 6 heteroatoms. The van der Waals surface area contributed by atoms with Gasteiger partial charge in [0.1, 0.15) is 5.65 Å². The highest BCUT2D eigenvalue weighted by atomic mass is 16.3. The molecule has 1 aromatic carbocycles. The first-order valence-corrected chi connectivity index (χ1v) is 6.80. The number of aliphatic hydroxyl groups excluding tert-OH is 1. The van der Waals surface area contributed by atoms with Gasteiger partial charge in [-0.05, 0) is 6.07 Å². The third-order valence-electron chi connectivity index (χ3n) is 3.73. The van der Waals surface area contributed by atoms with Crippen LogP contribution in [0.1, 0.15) is 5.56 Å². The number of hydrogen-bond donors (Lipinski definition) is 1. The Balaban J connectivity index is 2.46. The number of aromatic nitrogens is 3. The van der Waals surface area contributed by atoms with Crippen LogP contribution in [0.25, 0.3) is 22.3 Å². The van der Waals surface area contributed by atoms with E-state index in [1.165, 1.54) is 11.6 Å². The minimum atomic E-state index is -0.430. The maximum Gasteiger partial charge on any atom is 0.332 e. The van der Waals surface area contributed by atoms with E-state index < -0.39 is 11.2 Å². The molecular weight excluding hydrogens is 282 g/mol. The van der Waals surface area contributed by atoms with Crippen molar-refractivity contribution in [3.05, 3.63) is 62.8 Å². The summed E-state index contributed by atoms with van der Waals surface area (Å²) in [5.74, 6) is 0. The second kappa shape index (κ2) is 5.23. The predicted molar refractivity (Wildman–Crippen MR) is 83.6 cm³/mol. The third-order valence-corrected chi connectivity index (χ3v) is 3.73. The number of fused-ring (bicyclic) bond motifs is 1. The average molecular weight is 297 g/mol. The standard InChI is InChI=1S/C16H15N3O3/c1-18-14-12(15(21)19(2)16(18)22)8-11(9-20)13(17-14)10-6-4-3-5-7-10/h3-8,20H,9H2,1-2H3. The first-order valence-electron chi connectivity index (χ1n) is 6.80. The van der Waals surface area contributed by atoms with Crippen LogP contribution >= 0.6 is 0 Å². The zero-order valence-corrected chi connectivity index (χ0v) is 12.3. The molecule has 0 amide bonds. The van der Waals surface area contributed by atoms with E-state index in [0.29, 0.717) is 22.3 Å². The molecule has 0 aliphatic carbocycles. The summed E-state index contributed by atoms with van der Waals surface area (Å²) in [7, 11) is 3.00.